The molecular weight excluding hydrogens is 400 g/mol. The van der Waals surface area contributed by atoms with Gasteiger partial charge in [0.2, 0.25) is 5.89 Å². The molecule has 1 amide bonds. The molecule has 0 aliphatic rings. The van der Waals surface area contributed by atoms with Crippen molar-refractivity contribution in [2.75, 3.05) is 12.4 Å². The smallest absolute Gasteiger partial charge is 0.255 e. The summed E-state index contributed by atoms with van der Waals surface area (Å²) in [4.78, 5) is 17.3. The third-order valence-electron chi connectivity index (χ3n) is 5.24. The van der Waals surface area contributed by atoms with E-state index in [1.807, 2.05) is 97.1 Å². The summed E-state index contributed by atoms with van der Waals surface area (Å²) < 4.78 is 11.1. The number of carbonyl (C=O) groups excluding carboxylic acids is 1. The number of amides is 1. The first-order valence-corrected chi connectivity index (χ1v) is 10.2. The Kier molecular flexibility index (Phi) is 5.14. The topological polar surface area (TPSA) is 64.4 Å². The number of aromatic nitrogens is 1. The molecule has 0 atom stereocenters. The van der Waals surface area contributed by atoms with Crippen molar-refractivity contribution in [3.05, 3.63) is 103 Å². The van der Waals surface area contributed by atoms with Crippen LogP contribution in [-0.2, 0) is 0 Å². The monoisotopic (exact) mass is 420 g/mol. The molecule has 5 nitrogen and oxygen atoms in total. The van der Waals surface area contributed by atoms with Crippen LogP contribution in [0.25, 0.3) is 33.7 Å². The van der Waals surface area contributed by atoms with Crippen LogP contribution in [0, 0.1) is 0 Å². The Labute approximate surface area is 185 Å². The van der Waals surface area contributed by atoms with Crippen molar-refractivity contribution in [1.29, 1.82) is 0 Å². The highest BCUT2D eigenvalue weighted by Crippen LogP contribution is 2.28. The van der Waals surface area contributed by atoms with Crippen LogP contribution in [0.5, 0.6) is 5.75 Å². The van der Waals surface area contributed by atoms with Gasteiger partial charge in [-0.3, -0.25) is 4.79 Å². The second-order valence-electron chi connectivity index (χ2n) is 7.33. The van der Waals surface area contributed by atoms with Gasteiger partial charge in [0, 0.05) is 16.8 Å². The van der Waals surface area contributed by atoms with Gasteiger partial charge in [0.15, 0.2) is 5.58 Å². The first-order valence-electron chi connectivity index (χ1n) is 10.2. The molecule has 5 heteroatoms. The molecule has 32 heavy (non-hydrogen) atoms. The maximum absolute atomic E-state index is 12.7. The highest BCUT2D eigenvalue weighted by atomic mass is 16.5. The molecule has 0 saturated carbocycles. The first kappa shape index (κ1) is 19.6. The third kappa shape index (κ3) is 3.96. The van der Waals surface area contributed by atoms with Crippen molar-refractivity contribution in [2.45, 2.75) is 0 Å². The number of carbonyl (C=O) groups is 1. The predicted octanol–water partition coefficient (Wildman–Crippen LogP) is 6.42. The highest BCUT2D eigenvalue weighted by molar-refractivity contribution is 6.05. The summed E-state index contributed by atoms with van der Waals surface area (Å²) in [5.74, 6) is 1.11. The van der Waals surface area contributed by atoms with E-state index in [2.05, 4.69) is 10.3 Å². The Hall–Kier alpha value is -4.38. The van der Waals surface area contributed by atoms with E-state index in [0.29, 0.717) is 28.2 Å². The summed E-state index contributed by atoms with van der Waals surface area (Å²) >= 11 is 0. The summed E-state index contributed by atoms with van der Waals surface area (Å²) in [5, 5.41) is 2.94. The predicted molar refractivity (Wildman–Crippen MR) is 126 cm³/mol. The number of hydrogen-bond donors (Lipinski definition) is 1. The molecule has 0 bridgehead atoms. The Balaban J connectivity index is 1.34. The van der Waals surface area contributed by atoms with Crippen LogP contribution in [0.15, 0.2) is 101 Å². The quantitative estimate of drug-likeness (QED) is 0.356. The second kappa shape index (κ2) is 8.40. The minimum atomic E-state index is -0.178. The van der Waals surface area contributed by atoms with Gasteiger partial charge in [0.25, 0.3) is 5.91 Å². The van der Waals surface area contributed by atoms with Gasteiger partial charge in [-0.1, -0.05) is 42.5 Å². The first-order chi connectivity index (χ1) is 15.7. The molecule has 5 aromatic rings. The lowest BCUT2D eigenvalue weighted by molar-refractivity contribution is 0.102. The molecule has 1 N–H and O–H groups in total. The van der Waals surface area contributed by atoms with E-state index in [1.165, 1.54) is 0 Å². The number of hydrogen-bond acceptors (Lipinski definition) is 4. The Morgan fingerprint density at radius 2 is 1.50 bits per heavy atom. The molecule has 0 aliphatic heterocycles. The number of rotatable bonds is 5. The number of anilines is 1. The van der Waals surface area contributed by atoms with Gasteiger partial charge in [0.1, 0.15) is 11.3 Å². The number of methoxy groups -OCH3 is 1. The van der Waals surface area contributed by atoms with E-state index >= 15 is 0 Å². The van der Waals surface area contributed by atoms with Gasteiger partial charge in [-0.15, -0.1) is 0 Å². The van der Waals surface area contributed by atoms with E-state index in [1.54, 1.807) is 7.11 Å². The molecule has 0 fully saturated rings. The van der Waals surface area contributed by atoms with Gasteiger partial charge < -0.3 is 14.5 Å². The van der Waals surface area contributed by atoms with Crippen LogP contribution in [0.4, 0.5) is 5.69 Å². The van der Waals surface area contributed by atoms with Gasteiger partial charge in [0.05, 0.1) is 7.11 Å². The molecule has 5 rings (SSSR count). The molecule has 1 heterocycles. The van der Waals surface area contributed by atoms with Gasteiger partial charge in [-0.25, -0.2) is 4.98 Å². The summed E-state index contributed by atoms with van der Waals surface area (Å²) in [6.07, 6.45) is 0. The van der Waals surface area contributed by atoms with Crippen LogP contribution in [0.3, 0.4) is 0 Å². The maximum Gasteiger partial charge on any atom is 0.255 e. The lowest BCUT2D eigenvalue weighted by Crippen LogP contribution is -2.11. The van der Waals surface area contributed by atoms with E-state index in [9.17, 15) is 4.79 Å². The van der Waals surface area contributed by atoms with Crippen molar-refractivity contribution < 1.29 is 13.9 Å². The summed E-state index contributed by atoms with van der Waals surface area (Å²) in [5.41, 5.74) is 5.61. The average molecular weight is 420 g/mol. The Morgan fingerprint density at radius 1 is 0.812 bits per heavy atom. The molecular formula is C27H20N2O3. The number of oxazole rings is 1. The van der Waals surface area contributed by atoms with E-state index in [4.69, 9.17) is 9.15 Å². The Morgan fingerprint density at radius 3 is 2.22 bits per heavy atom. The van der Waals surface area contributed by atoms with Gasteiger partial charge >= 0.3 is 0 Å². The van der Waals surface area contributed by atoms with Gasteiger partial charge in [-0.05, 0) is 65.7 Å². The van der Waals surface area contributed by atoms with Crippen molar-refractivity contribution in [3.63, 3.8) is 0 Å². The molecule has 0 spiro atoms. The Bertz CT molecular complexity index is 1370. The molecule has 0 saturated heterocycles. The normalized spacial score (nSPS) is 10.8. The minimum absolute atomic E-state index is 0.178. The fourth-order valence-electron chi connectivity index (χ4n) is 3.51. The van der Waals surface area contributed by atoms with Crippen molar-refractivity contribution in [1.82, 2.24) is 4.98 Å². The van der Waals surface area contributed by atoms with E-state index < -0.39 is 0 Å². The summed E-state index contributed by atoms with van der Waals surface area (Å²) in [7, 11) is 1.63. The fraction of sp³-hybridized carbons (Fsp3) is 0.0370. The SMILES string of the molecule is COc1ccc(-c2nc3cc(NC(=O)c4ccc(-c5ccccc5)cc4)ccc3o2)cc1. The lowest BCUT2D eigenvalue weighted by atomic mass is 10.0. The fourth-order valence-corrected chi connectivity index (χ4v) is 3.51. The van der Waals surface area contributed by atoms with Crippen LogP contribution in [-0.4, -0.2) is 18.0 Å². The van der Waals surface area contributed by atoms with E-state index in [0.717, 1.165) is 22.4 Å². The van der Waals surface area contributed by atoms with Crippen molar-refractivity contribution in [2.24, 2.45) is 0 Å². The van der Waals surface area contributed by atoms with Gasteiger partial charge in [-0.2, -0.15) is 0 Å². The van der Waals surface area contributed by atoms with E-state index in [-0.39, 0.29) is 5.91 Å². The third-order valence-corrected chi connectivity index (χ3v) is 5.24. The zero-order valence-corrected chi connectivity index (χ0v) is 17.4. The number of benzene rings is 4. The zero-order chi connectivity index (χ0) is 21.9. The molecule has 0 unspecified atom stereocenters. The number of nitrogens with one attached hydrogen (secondary N) is 1. The number of nitrogens with zero attached hydrogens (tertiary/aromatic N) is 1. The van der Waals surface area contributed by atoms with Crippen LogP contribution < -0.4 is 10.1 Å². The molecule has 4 aromatic carbocycles. The minimum Gasteiger partial charge on any atom is -0.497 e. The second-order valence-corrected chi connectivity index (χ2v) is 7.33. The van der Waals surface area contributed by atoms with Crippen LogP contribution >= 0.6 is 0 Å². The summed E-state index contributed by atoms with van der Waals surface area (Å²) in [6.45, 7) is 0. The highest BCUT2D eigenvalue weighted by Gasteiger charge is 2.11. The van der Waals surface area contributed by atoms with Crippen molar-refractivity contribution >= 4 is 22.7 Å². The van der Waals surface area contributed by atoms with Crippen LogP contribution in [0.1, 0.15) is 10.4 Å². The van der Waals surface area contributed by atoms with Crippen LogP contribution in [0.2, 0.25) is 0 Å². The molecule has 156 valence electrons. The summed E-state index contributed by atoms with van der Waals surface area (Å²) in [6, 6.07) is 30.6. The number of fused-ring (bicyclic) bond motifs is 1. The number of ether oxygens (including phenoxy) is 1. The average Bonchev–Trinajstić information content (AvgIpc) is 3.28. The largest absolute Gasteiger partial charge is 0.497 e. The molecule has 0 aliphatic carbocycles. The maximum atomic E-state index is 12.7. The standard InChI is InChI=1S/C27H20N2O3/c1-31-23-14-11-21(12-15-23)27-29-24-17-22(13-16-25(24)32-27)28-26(30)20-9-7-19(8-10-20)18-5-3-2-4-6-18/h2-17H,1H3,(H,28,30). The molecule has 0 radical (unpaired) electrons. The molecule has 1 aromatic heterocycles. The van der Waals surface area contributed by atoms with Crippen molar-refractivity contribution in [3.8, 4) is 28.3 Å². The zero-order valence-electron chi connectivity index (χ0n) is 17.4. The lowest BCUT2D eigenvalue weighted by Gasteiger charge is -2.06.